The van der Waals surface area contributed by atoms with Gasteiger partial charge in [-0.2, -0.15) is 0 Å². The van der Waals surface area contributed by atoms with Gasteiger partial charge in [-0.15, -0.1) is 0 Å². The van der Waals surface area contributed by atoms with E-state index in [4.69, 9.17) is 4.74 Å². The molecule has 1 N–H and O–H groups in total. The number of amides is 2. The van der Waals surface area contributed by atoms with Crippen molar-refractivity contribution in [2.45, 2.75) is 44.8 Å². The molecule has 0 aromatic heterocycles. The fourth-order valence-corrected chi connectivity index (χ4v) is 4.40. The molecular weight excluding hydrogens is 328 g/mol. The number of nitrogens with one attached hydrogen (secondary N) is 1. The summed E-state index contributed by atoms with van der Waals surface area (Å²) in [6.45, 7) is 3.18. The van der Waals surface area contributed by atoms with Crippen molar-refractivity contribution in [2.75, 3.05) is 18.4 Å². The van der Waals surface area contributed by atoms with E-state index in [1.807, 2.05) is 35.2 Å². The largest absolute Gasteiger partial charge is 0.370 e. The first-order chi connectivity index (χ1) is 12.5. The van der Waals surface area contributed by atoms with Crippen LogP contribution in [0.15, 0.2) is 42.5 Å². The highest BCUT2D eigenvalue weighted by atomic mass is 16.5. The van der Waals surface area contributed by atoms with E-state index in [1.54, 1.807) is 0 Å². The smallest absolute Gasteiger partial charge is 0.230 e. The molecule has 2 fully saturated rings. The summed E-state index contributed by atoms with van der Waals surface area (Å²) in [5.41, 5.74) is 0.487. The van der Waals surface area contributed by atoms with Crippen molar-refractivity contribution in [3.63, 3.8) is 0 Å². The molecule has 0 radical (unpaired) electrons. The van der Waals surface area contributed by atoms with Crippen LogP contribution in [0.2, 0.25) is 0 Å². The molecule has 5 nitrogen and oxygen atoms in total. The molecule has 2 amide bonds. The molecule has 4 unspecified atom stereocenters. The van der Waals surface area contributed by atoms with Crippen molar-refractivity contribution in [1.29, 1.82) is 0 Å². The third-order valence-corrected chi connectivity index (χ3v) is 5.94. The summed E-state index contributed by atoms with van der Waals surface area (Å²) in [4.78, 5) is 27.7. The maximum atomic E-state index is 13.1. The van der Waals surface area contributed by atoms with Gasteiger partial charge in [0.25, 0.3) is 0 Å². The molecule has 4 atom stereocenters. The predicted molar refractivity (Wildman–Crippen MR) is 99.5 cm³/mol. The summed E-state index contributed by atoms with van der Waals surface area (Å²) in [6, 6.07) is 9.49. The van der Waals surface area contributed by atoms with Crippen LogP contribution < -0.4 is 5.32 Å². The molecule has 1 aromatic carbocycles. The van der Waals surface area contributed by atoms with Crippen LogP contribution in [-0.2, 0) is 14.3 Å². The Kier molecular flexibility index (Phi) is 4.57. The van der Waals surface area contributed by atoms with Gasteiger partial charge in [0.1, 0.15) is 0 Å². The van der Waals surface area contributed by atoms with Crippen LogP contribution in [0.1, 0.15) is 32.6 Å². The number of benzene rings is 1. The van der Waals surface area contributed by atoms with E-state index < -0.39 is 0 Å². The molecule has 4 rings (SSSR count). The fourth-order valence-electron chi connectivity index (χ4n) is 4.40. The van der Waals surface area contributed by atoms with E-state index >= 15 is 0 Å². The van der Waals surface area contributed by atoms with Gasteiger partial charge in [-0.25, -0.2) is 0 Å². The lowest BCUT2D eigenvalue weighted by atomic mass is 9.77. The molecule has 2 saturated heterocycles. The highest BCUT2D eigenvalue weighted by Crippen LogP contribution is 2.38. The minimum Gasteiger partial charge on any atom is -0.370 e. The van der Waals surface area contributed by atoms with Crippen LogP contribution in [0.3, 0.4) is 0 Å². The molecular formula is C21H26N2O3. The average Bonchev–Trinajstić information content (AvgIpc) is 2.96. The number of hydrogen-bond donors (Lipinski definition) is 1. The van der Waals surface area contributed by atoms with Crippen LogP contribution in [0.4, 0.5) is 5.69 Å². The van der Waals surface area contributed by atoms with E-state index in [0.717, 1.165) is 24.9 Å². The monoisotopic (exact) mass is 354 g/mol. The van der Waals surface area contributed by atoms with Gasteiger partial charge in [-0.3, -0.25) is 9.59 Å². The zero-order chi connectivity index (χ0) is 18.1. The van der Waals surface area contributed by atoms with Gasteiger partial charge in [0.05, 0.1) is 23.5 Å². The number of carbonyl (C=O) groups excluding carboxylic acids is 2. The highest BCUT2D eigenvalue weighted by Gasteiger charge is 2.48. The Balaban J connectivity index is 1.42. The summed E-state index contributed by atoms with van der Waals surface area (Å²) in [6.07, 6.45) is 7.37. The van der Waals surface area contributed by atoms with Gasteiger partial charge >= 0.3 is 0 Å². The van der Waals surface area contributed by atoms with Gasteiger partial charge in [0.2, 0.25) is 11.8 Å². The van der Waals surface area contributed by atoms with Crippen molar-refractivity contribution in [1.82, 2.24) is 4.90 Å². The second-order valence-electron chi connectivity index (χ2n) is 7.98. The minimum atomic E-state index is -0.312. The van der Waals surface area contributed by atoms with Crippen molar-refractivity contribution < 1.29 is 14.3 Å². The topological polar surface area (TPSA) is 58.6 Å². The average molecular weight is 354 g/mol. The third-order valence-electron chi connectivity index (χ3n) is 5.94. The molecule has 26 heavy (non-hydrogen) atoms. The number of hydrogen-bond acceptors (Lipinski definition) is 3. The standard InChI is InChI=1S/C21H26N2O3/c1-21(10-6-3-7-11-21)20(25)23-13-16-12-17(18(14-23)26-16)19(24)22-15-8-4-2-5-9-15/h2-6,8-9,16-18H,7,10-14H2,1H3,(H,22,24). The molecule has 2 aliphatic heterocycles. The summed E-state index contributed by atoms with van der Waals surface area (Å²) in [5, 5.41) is 2.98. The Morgan fingerprint density at radius 1 is 1.19 bits per heavy atom. The second-order valence-corrected chi connectivity index (χ2v) is 7.98. The van der Waals surface area contributed by atoms with E-state index in [1.165, 1.54) is 0 Å². The lowest BCUT2D eigenvalue weighted by Gasteiger charge is -2.39. The van der Waals surface area contributed by atoms with E-state index in [-0.39, 0.29) is 35.4 Å². The molecule has 138 valence electrons. The predicted octanol–water partition coefficient (Wildman–Crippen LogP) is 2.99. The Labute approximate surface area is 154 Å². The first-order valence-electron chi connectivity index (χ1n) is 9.51. The number of rotatable bonds is 3. The van der Waals surface area contributed by atoms with Gasteiger partial charge in [0.15, 0.2) is 0 Å². The van der Waals surface area contributed by atoms with Crippen LogP contribution in [0.25, 0.3) is 0 Å². The number of likely N-dealkylation sites (tertiary alicyclic amines) is 1. The van der Waals surface area contributed by atoms with Crippen LogP contribution in [0, 0.1) is 11.3 Å². The second kappa shape index (κ2) is 6.88. The lowest BCUT2D eigenvalue weighted by molar-refractivity contribution is -0.151. The quantitative estimate of drug-likeness (QED) is 0.849. The van der Waals surface area contributed by atoms with Crippen LogP contribution in [-0.4, -0.2) is 42.0 Å². The molecule has 1 aromatic rings. The first-order valence-corrected chi connectivity index (χ1v) is 9.51. The number of carbonyl (C=O) groups is 2. The summed E-state index contributed by atoms with van der Waals surface area (Å²) in [5.74, 6) is 0.00569. The maximum absolute atomic E-state index is 13.1. The number of ether oxygens (including phenoxy) is 1. The molecule has 5 heteroatoms. The van der Waals surface area contributed by atoms with Crippen LogP contribution in [0.5, 0.6) is 0 Å². The Hall–Kier alpha value is -2.14. The normalized spacial score (nSPS) is 33.1. The summed E-state index contributed by atoms with van der Waals surface area (Å²) in [7, 11) is 0. The summed E-state index contributed by atoms with van der Waals surface area (Å²) < 4.78 is 6.00. The van der Waals surface area contributed by atoms with Gasteiger partial charge < -0.3 is 15.0 Å². The van der Waals surface area contributed by atoms with Crippen molar-refractivity contribution in [3.8, 4) is 0 Å². The maximum Gasteiger partial charge on any atom is 0.230 e. The van der Waals surface area contributed by atoms with Gasteiger partial charge in [-0.05, 0) is 37.8 Å². The molecule has 1 aliphatic carbocycles. The Bertz CT molecular complexity index is 717. The molecule has 2 heterocycles. The molecule has 0 spiro atoms. The lowest BCUT2D eigenvalue weighted by Crippen LogP contribution is -2.52. The number of nitrogens with zero attached hydrogens (tertiary/aromatic N) is 1. The van der Waals surface area contributed by atoms with Crippen molar-refractivity contribution in [3.05, 3.63) is 42.5 Å². The zero-order valence-electron chi connectivity index (χ0n) is 15.2. The molecule has 3 aliphatic rings. The van der Waals surface area contributed by atoms with E-state index in [0.29, 0.717) is 19.5 Å². The summed E-state index contributed by atoms with van der Waals surface area (Å²) >= 11 is 0. The Morgan fingerprint density at radius 2 is 2.00 bits per heavy atom. The van der Waals surface area contributed by atoms with E-state index in [9.17, 15) is 9.59 Å². The van der Waals surface area contributed by atoms with Crippen LogP contribution >= 0.6 is 0 Å². The fraction of sp³-hybridized carbons (Fsp3) is 0.524. The zero-order valence-corrected chi connectivity index (χ0v) is 15.2. The molecule has 0 saturated carbocycles. The number of allylic oxidation sites excluding steroid dienone is 2. The van der Waals surface area contributed by atoms with Crippen molar-refractivity contribution >= 4 is 17.5 Å². The van der Waals surface area contributed by atoms with Crippen molar-refractivity contribution in [2.24, 2.45) is 11.3 Å². The molecule has 2 bridgehead atoms. The number of anilines is 1. The first kappa shape index (κ1) is 17.3. The highest BCUT2D eigenvalue weighted by molar-refractivity contribution is 5.93. The third kappa shape index (κ3) is 3.28. The minimum absolute atomic E-state index is 0.00943. The Morgan fingerprint density at radius 3 is 2.73 bits per heavy atom. The van der Waals surface area contributed by atoms with E-state index in [2.05, 4.69) is 24.4 Å². The van der Waals surface area contributed by atoms with Gasteiger partial charge in [-0.1, -0.05) is 37.3 Å². The number of morpholine rings is 1. The number of fused-ring (bicyclic) bond motifs is 2. The number of para-hydroxylation sites is 1. The SMILES string of the molecule is CC1(C(=O)N2CC3CC(C(=O)Nc4ccccc4)C(C2)O3)CC=CCC1. The van der Waals surface area contributed by atoms with Gasteiger partial charge in [0, 0.05) is 18.8 Å².